The van der Waals surface area contributed by atoms with Crippen LogP contribution >= 0.6 is 0 Å². The Morgan fingerprint density at radius 3 is 3.00 bits per heavy atom. The highest BCUT2D eigenvalue weighted by Crippen LogP contribution is 2.52. The standard InChI is InChI=1S/C16H23NO2/c1-4-17-9-12-6-13(12)14-8-15-11(5-10(2)19-15)7-16(14)18-3/h7-8,10,12-13,17H,4-6,9H2,1-3H3. The molecule has 0 aromatic heterocycles. The number of fused-ring (bicyclic) bond motifs is 1. The Kier molecular flexibility index (Phi) is 3.40. The first-order chi connectivity index (χ1) is 9.22. The summed E-state index contributed by atoms with van der Waals surface area (Å²) in [4.78, 5) is 0. The monoisotopic (exact) mass is 261 g/mol. The van der Waals surface area contributed by atoms with Crippen molar-refractivity contribution in [1.29, 1.82) is 0 Å². The van der Waals surface area contributed by atoms with Crippen molar-refractivity contribution in [2.75, 3.05) is 20.2 Å². The summed E-state index contributed by atoms with van der Waals surface area (Å²) in [6.07, 6.45) is 2.56. The normalized spacial score (nSPS) is 27.8. The Balaban J connectivity index is 1.80. The number of hydrogen-bond acceptors (Lipinski definition) is 3. The van der Waals surface area contributed by atoms with Gasteiger partial charge in [-0.25, -0.2) is 0 Å². The number of ether oxygens (including phenoxy) is 2. The fourth-order valence-corrected chi connectivity index (χ4v) is 3.11. The molecule has 3 rings (SSSR count). The Morgan fingerprint density at radius 2 is 2.26 bits per heavy atom. The lowest BCUT2D eigenvalue weighted by atomic mass is 10.0. The van der Waals surface area contributed by atoms with E-state index in [1.165, 1.54) is 17.5 Å². The summed E-state index contributed by atoms with van der Waals surface area (Å²) in [6, 6.07) is 4.39. The SMILES string of the molecule is CCNCC1CC1c1cc2c(cc1OC)CC(C)O2. The van der Waals surface area contributed by atoms with Crippen LogP contribution in [0.5, 0.6) is 11.5 Å². The highest BCUT2D eigenvalue weighted by atomic mass is 16.5. The number of hydrogen-bond donors (Lipinski definition) is 1. The first-order valence-electron chi connectivity index (χ1n) is 7.31. The highest BCUT2D eigenvalue weighted by Gasteiger charge is 2.40. The Hall–Kier alpha value is -1.22. The fraction of sp³-hybridized carbons (Fsp3) is 0.625. The molecule has 0 amide bonds. The summed E-state index contributed by atoms with van der Waals surface area (Å²) in [5.74, 6) is 3.50. The van der Waals surface area contributed by atoms with Gasteiger partial charge in [0, 0.05) is 17.5 Å². The molecule has 3 atom stereocenters. The van der Waals surface area contributed by atoms with E-state index in [-0.39, 0.29) is 0 Å². The summed E-state index contributed by atoms with van der Waals surface area (Å²) in [6.45, 7) is 6.43. The van der Waals surface area contributed by atoms with Crippen LogP contribution in [-0.4, -0.2) is 26.3 Å². The molecule has 0 radical (unpaired) electrons. The average Bonchev–Trinajstić information content (AvgIpc) is 3.08. The van der Waals surface area contributed by atoms with Gasteiger partial charge >= 0.3 is 0 Å². The van der Waals surface area contributed by atoms with Crippen molar-refractivity contribution >= 4 is 0 Å². The van der Waals surface area contributed by atoms with E-state index >= 15 is 0 Å². The Morgan fingerprint density at radius 1 is 1.42 bits per heavy atom. The third kappa shape index (κ3) is 2.44. The molecule has 1 N–H and O–H groups in total. The van der Waals surface area contributed by atoms with Crippen LogP contribution in [0.25, 0.3) is 0 Å². The van der Waals surface area contributed by atoms with Gasteiger partial charge in [0.05, 0.1) is 7.11 Å². The average molecular weight is 261 g/mol. The van der Waals surface area contributed by atoms with Gasteiger partial charge in [-0.05, 0) is 50.4 Å². The second kappa shape index (κ2) is 5.04. The minimum atomic E-state index is 0.298. The first kappa shape index (κ1) is 12.8. The molecular formula is C16H23NO2. The van der Waals surface area contributed by atoms with Crippen LogP contribution < -0.4 is 14.8 Å². The molecule has 1 fully saturated rings. The largest absolute Gasteiger partial charge is 0.496 e. The van der Waals surface area contributed by atoms with Crippen molar-refractivity contribution in [3.63, 3.8) is 0 Å². The second-order valence-corrected chi connectivity index (χ2v) is 5.74. The van der Waals surface area contributed by atoms with E-state index in [0.717, 1.165) is 36.9 Å². The molecular weight excluding hydrogens is 238 g/mol. The highest BCUT2D eigenvalue weighted by molar-refractivity contribution is 5.51. The van der Waals surface area contributed by atoms with Crippen molar-refractivity contribution in [1.82, 2.24) is 5.32 Å². The first-order valence-corrected chi connectivity index (χ1v) is 7.31. The molecule has 3 unspecified atom stereocenters. The molecule has 0 spiro atoms. The molecule has 19 heavy (non-hydrogen) atoms. The van der Waals surface area contributed by atoms with Gasteiger partial charge in [-0.15, -0.1) is 0 Å². The number of nitrogens with one attached hydrogen (secondary N) is 1. The van der Waals surface area contributed by atoms with Gasteiger partial charge < -0.3 is 14.8 Å². The molecule has 1 heterocycles. The van der Waals surface area contributed by atoms with Crippen LogP contribution in [0.3, 0.4) is 0 Å². The number of benzene rings is 1. The predicted molar refractivity (Wildman–Crippen MR) is 76.2 cm³/mol. The quantitative estimate of drug-likeness (QED) is 0.884. The van der Waals surface area contributed by atoms with Gasteiger partial charge in [-0.2, -0.15) is 0 Å². The van der Waals surface area contributed by atoms with Gasteiger partial charge in [-0.1, -0.05) is 6.92 Å². The molecule has 3 nitrogen and oxygen atoms in total. The zero-order chi connectivity index (χ0) is 13.4. The lowest BCUT2D eigenvalue weighted by Gasteiger charge is -2.11. The van der Waals surface area contributed by atoms with Crippen molar-refractivity contribution in [2.45, 2.75) is 38.7 Å². The lowest BCUT2D eigenvalue weighted by Crippen LogP contribution is -2.16. The third-order valence-electron chi connectivity index (χ3n) is 4.23. The van der Waals surface area contributed by atoms with Gasteiger partial charge in [0.15, 0.2) is 0 Å². The molecule has 1 aliphatic heterocycles. The van der Waals surface area contributed by atoms with Crippen LogP contribution in [0.2, 0.25) is 0 Å². The van der Waals surface area contributed by atoms with E-state index in [9.17, 15) is 0 Å². The summed E-state index contributed by atoms with van der Waals surface area (Å²) in [5.41, 5.74) is 2.62. The maximum Gasteiger partial charge on any atom is 0.123 e. The summed E-state index contributed by atoms with van der Waals surface area (Å²) >= 11 is 0. The zero-order valence-corrected chi connectivity index (χ0v) is 12.0. The molecule has 1 aromatic rings. The van der Waals surface area contributed by atoms with Crippen LogP contribution in [0, 0.1) is 5.92 Å². The van der Waals surface area contributed by atoms with E-state index < -0.39 is 0 Å². The zero-order valence-electron chi connectivity index (χ0n) is 12.0. The van der Waals surface area contributed by atoms with Crippen LogP contribution in [0.4, 0.5) is 0 Å². The van der Waals surface area contributed by atoms with Crippen LogP contribution in [0.1, 0.15) is 37.3 Å². The lowest BCUT2D eigenvalue weighted by molar-refractivity contribution is 0.254. The van der Waals surface area contributed by atoms with Crippen molar-refractivity contribution < 1.29 is 9.47 Å². The topological polar surface area (TPSA) is 30.5 Å². The molecule has 3 heteroatoms. The smallest absolute Gasteiger partial charge is 0.123 e. The van der Waals surface area contributed by atoms with E-state index in [2.05, 4.69) is 31.3 Å². The summed E-state index contributed by atoms with van der Waals surface area (Å²) < 4.78 is 11.5. The van der Waals surface area contributed by atoms with E-state index in [1.54, 1.807) is 7.11 Å². The molecule has 1 aliphatic carbocycles. The maximum atomic E-state index is 5.87. The maximum absolute atomic E-state index is 5.87. The van der Waals surface area contributed by atoms with Gasteiger partial charge in [-0.3, -0.25) is 0 Å². The van der Waals surface area contributed by atoms with Crippen molar-refractivity contribution in [2.24, 2.45) is 5.92 Å². The fourth-order valence-electron chi connectivity index (χ4n) is 3.11. The predicted octanol–water partition coefficient (Wildman–Crippen LogP) is 2.73. The molecule has 1 saturated carbocycles. The Bertz CT molecular complexity index is 472. The van der Waals surface area contributed by atoms with Crippen LogP contribution in [-0.2, 0) is 6.42 Å². The van der Waals surface area contributed by atoms with E-state index in [1.807, 2.05) is 0 Å². The Labute approximate surface area is 115 Å². The van der Waals surface area contributed by atoms with Crippen LogP contribution in [0.15, 0.2) is 12.1 Å². The molecule has 1 aromatic carbocycles. The number of methoxy groups -OCH3 is 1. The van der Waals surface area contributed by atoms with E-state index in [4.69, 9.17) is 9.47 Å². The second-order valence-electron chi connectivity index (χ2n) is 5.74. The minimum absolute atomic E-state index is 0.298. The van der Waals surface area contributed by atoms with Gasteiger partial charge in [0.2, 0.25) is 0 Å². The molecule has 0 saturated heterocycles. The third-order valence-corrected chi connectivity index (χ3v) is 4.23. The van der Waals surface area contributed by atoms with Gasteiger partial charge in [0.1, 0.15) is 17.6 Å². The van der Waals surface area contributed by atoms with Crippen molar-refractivity contribution in [3.8, 4) is 11.5 Å². The van der Waals surface area contributed by atoms with E-state index in [0.29, 0.717) is 12.0 Å². The minimum Gasteiger partial charge on any atom is -0.496 e. The molecule has 2 aliphatic rings. The molecule has 0 bridgehead atoms. The number of rotatable bonds is 5. The summed E-state index contributed by atoms with van der Waals surface area (Å²) in [5, 5.41) is 3.43. The van der Waals surface area contributed by atoms with Gasteiger partial charge in [0.25, 0.3) is 0 Å². The summed E-state index contributed by atoms with van der Waals surface area (Å²) in [7, 11) is 1.77. The molecule has 104 valence electrons. The van der Waals surface area contributed by atoms with Crippen molar-refractivity contribution in [3.05, 3.63) is 23.3 Å².